The van der Waals surface area contributed by atoms with Gasteiger partial charge in [-0.1, -0.05) is 32.0 Å². The molecule has 0 heterocycles. The number of rotatable bonds is 6. The van der Waals surface area contributed by atoms with Crippen LogP contribution in [-0.4, -0.2) is 12.5 Å². The molecule has 0 unspecified atom stereocenters. The number of amides is 1. The monoisotopic (exact) mass is 351 g/mol. The molecule has 6 heteroatoms. The summed E-state index contributed by atoms with van der Waals surface area (Å²) in [5, 5.41) is 2.40. The van der Waals surface area contributed by atoms with E-state index in [4.69, 9.17) is 4.74 Å². The zero-order valence-electron chi connectivity index (χ0n) is 14.1. The van der Waals surface area contributed by atoms with Gasteiger partial charge in [-0.15, -0.1) is 0 Å². The van der Waals surface area contributed by atoms with Crippen LogP contribution in [0.4, 0.5) is 18.9 Å². The van der Waals surface area contributed by atoms with Crippen molar-refractivity contribution in [1.82, 2.24) is 0 Å². The van der Waals surface area contributed by atoms with E-state index in [0.29, 0.717) is 11.7 Å². The van der Waals surface area contributed by atoms with Gasteiger partial charge in [-0.3, -0.25) is 4.79 Å². The van der Waals surface area contributed by atoms with Gasteiger partial charge >= 0.3 is 6.18 Å². The van der Waals surface area contributed by atoms with E-state index in [1.54, 1.807) is 12.1 Å². The van der Waals surface area contributed by atoms with E-state index in [1.165, 1.54) is 17.7 Å². The molecule has 2 rings (SSSR count). The van der Waals surface area contributed by atoms with Gasteiger partial charge in [0, 0.05) is 5.69 Å². The third-order valence-electron chi connectivity index (χ3n) is 3.91. The summed E-state index contributed by atoms with van der Waals surface area (Å²) in [4.78, 5) is 11.9. The molecule has 2 aromatic carbocycles. The highest BCUT2D eigenvalue weighted by Crippen LogP contribution is 2.30. The molecule has 0 saturated carbocycles. The molecule has 0 aliphatic rings. The minimum absolute atomic E-state index is 0.0792. The molecule has 134 valence electrons. The maximum absolute atomic E-state index is 12.7. The fourth-order valence-electron chi connectivity index (χ4n) is 2.25. The lowest BCUT2D eigenvalue weighted by atomic mass is 9.99. The van der Waals surface area contributed by atoms with E-state index in [1.807, 2.05) is 12.1 Å². The predicted molar refractivity (Wildman–Crippen MR) is 90.7 cm³/mol. The van der Waals surface area contributed by atoms with Crippen LogP contribution in [0.5, 0.6) is 5.75 Å². The molecule has 0 saturated heterocycles. The molecule has 1 N–H and O–H groups in total. The van der Waals surface area contributed by atoms with Crippen molar-refractivity contribution in [2.75, 3.05) is 11.9 Å². The zero-order valence-corrected chi connectivity index (χ0v) is 14.1. The van der Waals surface area contributed by atoms with Crippen LogP contribution in [0, 0.1) is 0 Å². The number of hydrogen-bond donors (Lipinski definition) is 1. The Kier molecular flexibility index (Phi) is 6.07. The average Bonchev–Trinajstić information content (AvgIpc) is 2.59. The third-order valence-corrected chi connectivity index (χ3v) is 3.91. The first kappa shape index (κ1) is 18.8. The predicted octanol–water partition coefficient (Wildman–Crippen LogP) is 5.24. The van der Waals surface area contributed by atoms with Crippen LogP contribution in [0.3, 0.4) is 0 Å². The molecule has 0 fully saturated rings. The molecule has 0 aliphatic carbocycles. The lowest BCUT2D eigenvalue weighted by molar-refractivity contribution is -0.137. The van der Waals surface area contributed by atoms with Crippen LogP contribution in [0.2, 0.25) is 0 Å². The number of alkyl halides is 3. The lowest BCUT2D eigenvalue weighted by Gasteiger charge is -2.12. The van der Waals surface area contributed by atoms with Gasteiger partial charge in [0.25, 0.3) is 5.91 Å². The smallest absolute Gasteiger partial charge is 0.416 e. The second-order valence-electron chi connectivity index (χ2n) is 5.79. The Morgan fingerprint density at radius 3 is 2.44 bits per heavy atom. The van der Waals surface area contributed by atoms with Crippen LogP contribution < -0.4 is 10.1 Å². The number of carbonyl (C=O) groups is 1. The van der Waals surface area contributed by atoms with Crippen molar-refractivity contribution in [3.8, 4) is 5.75 Å². The van der Waals surface area contributed by atoms with Crippen LogP contribution in [-0.2, 0) is 11.0 Å². The quantitative estimate of drug-likeness (QED) is 0.773. The second kappa shape index (κ2) is 8.05. The number of hydrogen-bond acceptors (Lipinski definition) is 2. The SMILES string of the molecule is CC[C@H](C)c1ccc(OCC(=O)Nc2cccc(C(F)(F)F)c2)cc1. The Labute approximate surface area is 144 Å². The van der Waals surface area contributed by atoms with Crippen LogP contribution in [0.1, 0.15) is 37.3 Å². The van der Waals surface area contributed by atoms with Gasteiger partial charge in [0.1, 0.15) is 5.75 Å². The standard InChI is InChI=1S/C19H20F3NO2/c1-3-13(2)14-7-9-17(10-8-14)25-12-18(24)23-16-6-4-5-15(11-16)19(20,21)22/h4-11,13H,3,12H2,1-2H3,(H,23,24)/t13-/m0/s1. The summed E-state index contributed by atoms with van der Waals surface area (Å²) >= 11 is 0. The third kappa shape index (κ3) is 5.52. The molecule has 3 nitrogen and oxygen atoms in total. The fraction of sp³-hybridized carbons (Fsp3) is 0.316. The molecule has 0 bridgehead atoms. The van der Waals surface area contributed by atoms with Crippen molar-refractivity contribution in [2.45, 2.75) is 32.4 Å². The largest absolute Gasteiger partial charge is 0.484 e. The number of anilines is 1. The van der Waals surface area contributed by atoms with Gasteiger partial charge in [-0.2, -0.15) is 13.2 Å². The van der Waals surface area contributed by atoms with Crippen molar-refractivity contribution in [1.29, 1.82) is 0 Å². The van der Waals surface area contributed by atoms with Gasteiger partial charge in [0.05, 0.1) is 5.56 Å². The highest BCUT2D eigenvalue weighted by Gasteiger charge is 2.30. The number of benzene rings is 2. The highest BCUT2D eigenvalue weighted by atomic mass is 19.4. The molecule has 0 aliphatic heterocycles. The minimum Gasteiger partial charge on any atom is -0.484 e. The molecule has 1 atom stereocenters. The normalized spacial score (nSPS) is 12.5. The zero-order chi connectivity index (χ0) is 18.4. The van der Waals surface area contributed by atoms with E-state index in [2.05, 4.69) is 19.2 Å². The average molecular weight is 351 g/mol. The van der Waals surface area contributed by atoms with Crippen LogP contribution >= 0.6 is 0 Å². The summed E-state index contributed by atoms with van der Waals surface area (Å²) in [5.74, 6) is 0.454. The van der Waals surface area contributed by atoms with Crippen molar-refractivity contribution >= 4 is 11.6 Å². The van der Waals surface area contributed by atoms with Crippen molar-refractivity contribution in [2.24, 2.45) is 0 Å². The molecule has 0 spiro atoms. The summed E-state index contributed by atoms with van der Waals surface area (Å²) in [6.45, 7) is 3.95. The van der Waals surface area contributed by atoms with E-state index in [0.717, 1.165) is 18.6 Å². The van der Waals surface area contributed by atoms with Crippen LogP contribution in [0.25, 0.3) is 0 Å². The second-order valence-corrected chi connectivity index (χ2v) is 5.79. The summed E-state index contributed by atoms with van der Waals surface area (Å²) in [6, 6.07) is 11.9. The Balaban J connectivity index is 1.91. The highest BCUT2D eigenvalue weighted by molar-refractivity contribution is 5.91. The van der Waals surface area contributed by atoms with Gasteiger partial charge in [0.2, 0.25) is 0 Å². The Morgan fingerprint density at radius 1 is 1.16 bits per heavy atom. The molecule has 25 heavy (non-hydrogen) atoms. The van der Waals surface area contributed by atoms with E-state index < -0.39 is 17.6 Å². The number of halogens is 3. The molecule has 0 aromatic heterocycles. The molecule has 0 radical (unpaired) electrons. The number of carbonyl (C=O) groups excluding carboxylic acids is 1. The summed E-state index contributed by atoms with van der Waals surface area (Å²) < 4.78 is 43.3. The van der Waals surface area contributed by atoms with E-state index >= 15 is 0 Å². The summed E-state index contributed by atoms with van der Waals surface area (Å²) in [5.41, 5.74) is 0.450. The van der Waals surface area contributed by atoms with Crippen molar-refractivity contribution in [3.63, 3.8) is 0 Å². The minimum atomic E-state index is -4.45. The van der Waals surface area contributed by atoms with Crippen molar-refractivity contribution in [3.05, 3.63) is 59.7 Å². The number of ether oxygens (including phenoxy) is 1. The van der Waals surface area contributed by atoms with E-state index in [9.17, 15) is 18.0 Å². The summed E-state index contributed by atoms with van der Waals surface area (Å²) in [6.07, 6.45) is -3.42. The molecular formula is C19H20F3NO2. The summed E-state index contributed by atoms with van der Waals surface area (Å²) in [7, 11) is 0. The fourth-order valence-corrected chi connectivity index (χ4v) is 2.25. The first-order valence-electron chi connectivity index (χ1n) is 7.99. The molecular weight excluding hydrogens is 331 g/mol. The Hall–Kier alpha value is -2.50. The van der Waals surface area contributed by atoms with Gasteiger partial charge in [0.15, 0.2) is 6.61 Å². The van der Waals surface area contributed by atoms with Gasteiger partial charge in [-0.05, 0) is 48.2 Å². The van der Waals surface area contributed by atoms with Gasteiger partial charge < -0.3 is 10.1 Å². The topological polar surface area (TPSA) is 38.3 Å². The molecule has 2 aromatic rings. The van der Waals surface area contributed by atoms with Gasteiger partial charge in [-0.25, -0.2) is 0 Å². The number of nitrogens with one attached hydrogen (secondary N) is 1. The Bertz CT molecular complexity index is 711. The lowest BCUT2D eigenvalue weighted by Crippen LogP contribution is -2.20. The van der Waals surface area contributed by atoms with Crippen LogP contribution in [0.15, 0.2) is 48.5 Å². The van der Waals surface area contributed by atoms with Crippen molar-refractivity contribution < 1.29 is 22.7 Å². The maximum Gasteiger partial charge on any atom is 0.416 e. The first-order chi connectivity index (χ1) is 11.8. The first-order valence-corrected chi connectivity index (χ1v) is 7.99. The Morgan fingerprint density at radius 2 is 1.84 bits per heavy atom. The van der Waals surface area contributed by atoms with E-state index in [-0.39, 0.29) is 12.3 Å². The maximum atomic E-state index is 12.7. The molecule has 1 amide bonds.